The first kappa shape index (κ1) is 12.7. The van der Waals surface area contributed by atoms with Crippen LogP contribution in [0.5, 0.6) is 0 Å². The van der Waals surface area contributed by atoms with Crippen LogP contribution >= 0.6 is 0 Å². The highest BCUT2D eigenvalue weighted by molar-refractivity contribution is 5.80. The molecule has 2 rings (SSSR count). The Hall–Kier alpha value is -1.75. The van der Waals surface area contributed by atoms with Gasteiger partial charge >= 0.3 is 0 Å². The fraction of sp³-hybridized carbons (Fsp3) is 0.462. The van der Waals surface area contributed by atoms with Gasteiger partial charge in [0.1, 0.15) is 0 Å². The van der Waals surface area contributed by atoms with E-state index in [2.05, 4.69) is 5.32 Å². The highest BCUT2D eigenvalue weighted by Crippen LogP contribution is 2.16. The molecule has 1 aliphatic heterocycles. The largest absolute Gasteiger partial charge is 0.399 e. The van der Waals surface area contributed by atoms with Gasteiger partial charge in [-0.15, -0.1) is 0 Å². The number of hydrogen-bond donors (Lipinski definition) is 3. The van der Waals surface area contributed by atoms with Crippen molar-refractivity contribution in [3.63, 3.8) is 0 Å². The van der Waals surface area contributed by atoms with Crippen molar-refractivity contribution in [2.75, 3.05) is 24.6 Å². The molecule has 1 amide bonds. The molecule has 0 radical (unpaired) electrons. The average Bonchev–Trinajstić information content (AvgIpc) is 2.83. The number of nitrogen functional groups attached to an aromatic ring is 2. The van der Waals surface area contributed by atoms with Crippen molar-refractivity contribution in [3.05, 3.63) is 23.8 Å². The van der Waals surface area contributed by atoms with Crippen molar-refractivity contribution >= 4 is 17.3 Å². The van der Waals surface area contributed by atoms with E-state index in [9.17, 15) is 4.79 Å². The molecule has 5 nitrogen and oxygen atoms in total. The van der Waals surface area contributed by atoms with Gasteiger partial charge in [-0.2, -0.15) is 0 Å². The van der Waals surface area contributed by atoms with Crippen LogP contribution in [0.1, 0.15) is 18.4 Å². The Morgan fingerprint density at radius 3 is 2.94 bits per heavy atom. The summed E-state index contributed by atoms with van der Waals surface area (Å²) in [5.41, 5.74) is 13.4. The van der Waals surface area contributed by atoms with Gasteiger partial charge < -0.3 is 21.5 Å². The second-order valence-corrected chi connectivity index (χ2v) is 4.57. The van der Waals surface area contributed by atoms with Gasteiger partial charge in [-0.1, -0.05) is 6.07 Å². The number of rotatable bonds is 4. The van der Waals surface area contributed by atoms with Crippen LogP contribution in [-0.2, 0) is 16.0 Å². The molecule has 1 atom stereocenters. The zero-order chi connectivity index (χ0) is 13.0. The van der Waals surface area contributed by atoms with E-state index in [1.165, 1.54) is 0 Å². The minimum Gasteiger partial charge on any atom is -0.399 e. The highest BCUT2D eigenvalue weighted by atomic mass is 16.5. The molecule has 1 heterocycles. The summed E-state index contributed by atoms with van der Waals surface area (Å²) in [6.07, 6.45) is 2.53. The van der Waals surface area contributed by atoms with Crippen molar-refractivity contribution in [1.29, 1.82) is 0 Å². The summed E-state index contributed by atoms with van der Waals surface area (Å²) in [6.45, 7) is 1.37. The molecule has 98 valence electrons. The maximum atomic E-state index is 11.8. The minimum atomic E-state index is -0.0398. The van der Waals surface area contributed by atoms with E-state index in [-0.39, 0.29) is 18.4 Å². The molecule has 1 aliphatic rings. The van der Waals surface area contributed by atoms with E-state index in [1.54, 1.807) is 18.2 Å². The second-order valence-electron chi connectivity index (χ2n) is 4.57. The van der Waals surface area contributed by atoms with Crippen LogP contribution in [0, 0.1) is 0 Å². The van der Waals surface area contributed by atoms with E-state index in [4.69, 9.17) is 16.2 Å². The first-order valence-corrected chi connectivity index (χ1v) is 6.17. The molecule has 18 heavy (non-hydrogen) atoms. The summed E-state index contributed by atoms with van der Waals surface area (Å²) in [6, 6.07) is 5.21. The number of nitrogens with two attached hydrogens (primary N) is 2. The average molecular weight is 249 g/mol. The Bertz CT molecular complexity index is 428. The minimum absolute atomic E-state index is 0.0398. The molecular formula is C13H19N3O2. The van der Waals surface area contributed by atoms with Crippen LogP contribution in [-0.4, -0.2) is 25.2 Å². The summed E-state index contributed by atoms with van der Waals surface area (Å²) < 4.78 is 5.44. The van der Waals surface area contributed by atoms with Crippen LogP contribution in [0.4, 0.5) is 11.4 Å². The number of ether oxygens (including phenoxy) is 1. The molecule has 0 saturated carbocycles. The maximum Gasteiger partial charge on any atom is 0.224 e. The Morgan fingerprint density at radius 2 is 2.28 bits per heavy atom. The summed E-state index contributed by atoms with van der Waals surface area (Å²) >= 11 is 0. The predicted octanol–water partition coefficient (Wildman–Crippen LogP) is 0.689. The van der Waals surface area contributed by atoms with Gasteiger partial charge in [0.15, 0.2) is 0 Å². The third-order valence-corrected chi connectivity index (χ3v) is 3.07. The Balaban J connectivity index is 1.82. The SMILES string of the molecule is Nc1ccc(CC(=O)NCC2CCCO2)c(N)c1. The maximum absolute atomic E-state index is 11.8. The number of nitrogens with one attached hydrogen (secondary N) is 1. The predicted molar refractivity (Wildman–Crippen MR) is 71.0 cm³/mol. The van der Waals surface area contributed by atoms with Crippen molar-refractivity contribution in [2.45, 2.75) is 25.4 Å². The third kappa shape index (κ3) is 3.37. The molecule has 0 aromatic heterocycles. The molecule has 1 unspecified atom stereocenters. The quantitative estimate of drug-likeness (QED) is 0.685. The monoisotopic (exact) mass is 249 g/mol. The van der Waals surface area contributed by atoms with Crippen molar-refractivity contribution in [2.24, 2.45) is 0 Å². The summed E-state index contributed by atoms with van der Waals surface area (Å²) in [5, 5.41) is 2.86. The first-order valence-electron chi connectivity index (χ1n) is 6.17. The van der Waals surface area contributed by atoms with Gasteiger partial charge in [-0.3, -0.25) is 4.79 Å². The lowest BCUT2D eigenvalue weighted by atomic mass is 10.1. The topological polar surface area (TPSA) is 90.4 Å². The number of carbonyl (C=O) groups is 1. The number of hydrogen-bond acceptors (Lipinski definition) is 4. The van der Waals surface area contributed by atoms with Gasteiger partial charge in [0.2, 0.25) is 5.91 Å². The van der Waals surface area contributed by atoms with Gasteiger partial charge in [0.05, 0.1) is 12.5 Å². The molecule has 1 fully saturated rings. The van der Waals surface area contributed by atoms with E-state index < -0.39 is 0 Å². The van der Waals surface area contributed by atoms with Crippen molar-refractivity contribution < 1.29 is 9.53 Å². The van der Waals surface area contributed by atoms with E-state index in [0.29, 0.717) is 17.9 Å². The number of amides is 1. The van der Waals surface area contributed by atoms with Crippen molar-refractivity contribution in [1.82, 2.24) is 5.32 Å². The van der Waals surface area contributed by atoms with Gasteiger partial charge in [-0.05, 0) is 30.5 Å². The third-order valence-electron chi connectivity index (χ3n) is 3.07. The number of carbonyl (C=O) groups excluding carboxylic acids is 1. The standard InChI is InChI=1S/C13H19N3O2/c14-10-4-3-9(12(15)7-10)6-13(17)16-8-11-2-1-5-18-11/h3-4,7,11H,1-2,5-6,8,14-15H2,(H,16,17). The Morgan fingerprint density at radius 1 is 1.44 bits per heavy atom. The lowest BCUT2D eigenvalue weighted by molar-refractivity contribution is -0.120. The fourth-order valence-electron chi connectivity index (χ4n) is 2.04. The number of benzene rings is 1. The summed E-state index contributed by atoms with van der Waals surface area (Å²) in [7, 11) is 0. The van der Waals surface area contributed by atoms with Gasteiger partial charge in [-0.25, -0.2) is 0 Å². The van der Waals surface area contributed by atoms with Crippen LogP contribution < -0.4 is 16.8 Å². The lowest BCUT2D eigenvalue weighted by Gasteiger charge is -2.11. The lowest BCUT2D eigenvalue weighted by Crippen LogP contribution is -2.32. The molecule has 1 aromatic carbocycles. The molecule has 0 bridgehead atoms. The fourth-order valence-corrected chi connectivity index (χ4v) is 2.04. The van der Waals surface area contributed by atoms with E-state index in [0.717, 1.165) is 25.0 Å². The van der Waals surface area contributed by atoms with E-state index >= 15 is 0 Å². The molecule has 1 aromatic rings. The van der Waals surface area contributed by atoms with Gasteiger partial charge in [0.25, 0.3) is 0 Å². The molecule has 1 saturated heterocycles. The Kier molecular flexibility index (Phi) is 4.04. The smallest absolute Gasteiger partial charge is 0.224 e. The molecule has 0 spiro atoms. The molecule has 0 aliphatic carbocycles. The van der Waals surface area contributed by atoms with Crippen LogP contribution in [0.15, 0.2) is 18.2 Å². The van der Waals surface area contributed by atoms with Gasteiger partial charge in [0, 0.05) is 24.5 Å². The normalized spacial score (nSPS) is 18.8. The van der Waals surface area contributed by atoms with Crippen LogP contribution in [0.2, 0.25) is 0 Å². The molecular weight excluding hydrogens is 230 g/mol. The zero-order valence-corrected chi connectivity index (χ0v) is 10.3. The first-order chi connectivity index (χ1) is 8.65. The second kappa shape index (κ2) is 5.73. The van der Waals surface area contributed by atoms with Crippen LogP contribution in [0.25, 0.3) is 0 Å². The molecule has 5 heteroatoms. The van der Waals surface area contributed by atoms with Crippen molar-refractivity contribution in [3.8, 4) is 0 Å². The summed E-state index contributed by atoms with van der Waals surface area (Å²) in [4.78, 5) is 11.8. The summed E-state index contributed by atoms with van der Waals surface area (Å²) in [5.74, 6) is -0.0398. The van der Waals surface area contributed by atoms with Crippen LogP contribution in [0.3, 0.4) is 0 Å². The highest BCUT2D eigenvalue weighted by Gasteiger charge is 2.16. The molecule has 5 N–H and O–H groups in total. The van der Waals surface area contributed by atoms with E-state index in [1.807, 2.05) is 0 Å². The zero-order valence-electron chi connectivity index (χ0n) is 10.3. The Labute approximate surface area is 106 Å². The number of anilines is 2.